The molecule has 1 radical (unpaired) electrons. The van der Waals surface area contributed by atoms with E-state index in [0.29, 0.717) is 0 Å². The molecular weight excluding hydrogens is 170 g/mol. The lowest BCUT2D eigenvalue weighted by Gasteiger charge is -2.24. The van der Waals surface area contributed by atoms with Gasteiger partial charge in [-0.3, -0.25) is 0 Å². The lowest BCUT2D eigenvalue weighted by Crippen LogP contribution is -2.24. The molecule has 0 aliphatic carbocycles. The summed E-state index contributed by atoms with van der Waals surface area (Å²) >= 11 is 0. The molecule has 0 saturated heterocycles. The van der Waals surface area contributed by atoms with Gasteiger partial charge in [0.25, 0.3) is 0 Å². The lowest BCUT2D eigenvalue weighted by molar-refractivity contribution is 0.745. The molecule has 1 heteroatoms. The van der Waals surface area contributed by atoms with Crippen LogP contribution < -0.4 is 4.90 Å². The SMILES string of the molecule is [CH2]c1cccc(N(CCC)CCC)c1. The van der Waals surface area contributed by atoms with Gasteiger partial charge in [0.2, 0.25) is 0 Å². The van der Waals surface area contributed by atoms with Gasteiger partial charge in [-0.15, -0.1) is 0 Å². The molecule has 0 saturated carbocycles. The molecule has 0 fully saturated rings. The molecule has 1 rings (SSSR count). The highest BCUT2D eigenvalue weighted by molar-refractivity contribution is 5.49. The first-order valence-corrected chi connectivity index (χ1v) is 5.45. The van der Waals surface area contributed by atoms with Crippen LogP contribution in [0.3, 0.4) is 0 Å². The maximum Gasteiger partial charge on any atom is 0.0368 e. The molecule has 77 valence electrons. The van der Waals surface area contributed by atoms with E-state index in [1.54, 1.807) is 0 Å². The van der Waals surface area contributed by atoms with Crippen molar-refractivity contribution in [3.8, 4) is 0 Å². The molecule has 1 aromatic carbocycles. The van der Waals surface area contributed by atoms with Crippen molar-refractivity contribution in [3.63, 3.8) is 0 Å². The minimum absolute atomic E-state index is 1.10. The van der Waals surface area contributed by atoms with Gasteiger partial charge in [0, 0.05) is 18.8 Å². The highest BCUT2D eigenvalue weighted by atomic mass is 15.1. The summed E-state index contributed by atoms with van der Waals surface area (Å²) < 4.78 is 0. The summed E-state index contributed by atoms with van der Waals surface area (Å²) in [5.74, 6) is 0. The molecule has 14 heavy (non-hydrogen) atoms. The summed E-state index contributed by atoms with van der Waals surface area (Å²) in [7, 11) is 0. The largest absolute Gasteiger partial charge is 0.372 e. The van der Waals surface area contributed by atoms with Crippen LogP contribution in [-0.4, -0.2) is 13.1 Å². The van der Waals surface area contributed by atoms with Crippen LogP contribution in [0, 0.1) is 6.92 Å². The molecule has 0 atom stereocenters. The summed E-state index contributed by atoms with van der Waals surface area (Å²) in [6, 6.07) is 8.45. The third kappa shape index (κ3) is 3.06. The van der Waals surface area contributed by atoms with E-state index in [-0.39, 0.29) is 0 Å². The van der Waals surface area contributed by atoms with Crippen molar-refractivity contribution in [3.05, 3.63) is 36.8 Å². The first-order valence-electron chi connectivity index (χ1n) is 5.45. The zero-order chi connectivity index (χ0) is 10.4. The predicted molar refractivity (Wildman–Crippen MR) is 63.7 cm³/mol. The fourth-order valence-corrected chi connectivity index (χ4v) is 1.66. The molecule has 1 nitrogen and oxygen atoms in total. The zero-order valence-electron chi connectivity index (χ0n) is 9.29. The van der Waals surface area contributed by atoms with Crippen LogP contribution in [0.4, 0.5) is 5.69 Å². The van der Waals surface area contributed by atoms with Crippen LogP contribution in [0.15, 0.2) is 24.3 Å². The van der Waals surface area contributed by atoms with E-state index in [4.69, 9.17) is 0 Å². The molecule has 0 aliphatic heterocycles. The van der Waals surface area contributed by atoms with Gasteiger partial charge in [-0.1, -0.05) is 26.0 Å². The summed E-state index contributed by atoms with van der Waals surface area (Å²) in [6.45, 7) is 10.7. The van der Waals surface area contributed by atoms with E-state index < -0.39 is 0 Å². The Kier molecular flexibility index (Phi) is 4.51. The smallest absolute Gasteiger partial charge is 0.0368 e. The number of anilines is 1. The molecule has 0 amide bonds. The molecule has 0 aromatic heterocycles. The Morgan fingerprint density at radius 3 is 2.29 bits per heavy atom. The molecule has 0 unspecified atom stereocenters. The second-order valence-electron chi connectivity index (χ2n) is 3.66. The van der Waals surface area contributed by atoms with E-state index in [1.807, 2.05) is 6.07 Å². The van der Waals surface area contributed by atoms with Gasteiger partial charge < -0.3 is 4.90 Å². The first-order chi connectivity index (χ1) is 6.77. The third-order valence-electron chi connectivity index (χ3n) is 2.26. The van der Waals surface area contributed by atoms with Crippen LogP contribution >= 0.6 is 0 Å². The average Bonchev–Trinajstić information content (AvgIpc) is 2.17. The summed E-state index contributed by atoms with van der Waals surface area (Å²) in [4.78, 5) is 2.43. The van der Waals surface area contributed by atoms with Crippen LogP contribution in [0.25, 0.3) is 0 Å². The van der Waals surface area contributed by atoms with Gasteiger partial charge in [-0.25, -0.2) is 0 Å². The van der Waals surface area contributed by atoms with Crippen LogP contribution in [0.5, 0.6) is 0 Å². The molecule has 0 bridgehead atoms. The van der Waals surface area contributed by atoms with E-state index in [2.05, 4.69) is 43.9 Å². The van der Waals surface area contributed by atoms with Crippen molar-refractivity contribution in [1.29, 1.82) is 0 Å². The van der Waals surface area contributed by atoms with Crippen molar-refractivity contribution >= 4 is 5.69 Å². The maximum atomic E-state index is 3.96. The Morgan fingerprint density at radius 2 is 1.79 bits per heavy atom. The molecule has 0 heterocycles. The Balaban J connectivity index is 2.75. The predicted octanol–water partition coefficient (Wildman–Crippen LogP) is 3.50. The monoisotopic (exact) mass is 190 g/mol. The van der Waals surface area contributed by atoms with Crippen molar-refractivity contribution in [2.75, 3.05) is 18.0 Å². The number of rotatable bonds is 5. The highest BCUT2D eigenvalue weighted by Crippen LogP contribution is 2.16. The van der Waals surface area contributed by atoms with Crippen LogP contribution in [-0.2, 0) is 0 Å². The minimum Gasteiger partial charge on any atom is -0.372 e. The Bertz CT molecular complexity index is 262. The summed E-state index contributed by atoms with van der Waals surface area (Å²) in [5.41, 5.74) is 2.40. The van der Waals surface area contributed by atoms with Gasteiger partial charge in [0.05, 0.1) is 0 Å². The van der Waals surface area contributed by atoms with E-state index in [9.17, 15) is 0 Å². The van der Waals surface area contributed by atoms with Gasteiger partial charge in [-0.2, -0.15) is 0 Å². The molecule has 0 N–H and O–H groups in total. The average molecular weight is 190 g/mol. The van der Waals surface area contributed by atoms with Gasteiger partial charge >= 0.3 is 0 Å². The normalized spacial score (nSPS) is 10.2. The third-order valence-corrected chi connectivity index (χ3v) is 2.26. The Hall–Kier alpha value is -0.980. The number of hydrogen-bond donors (Lipinski definition) is 0. The number of benzene rings is 1. The zero-order valence-corrected chi connectivity index (χ0v) is 9.29. The number of nitrogens with zero attached hydrogens (tertiary/aromatic N) is 1. The van der Waals surface area contributed by atoms with Crippen molar-refractivity contribution in [2.24, 2.45) is 0 Å². The molecule has 0 aliphatic rings. The van der Waals surface area contributed by atoms with Crippen LogP contribution in [0.1, 0.15) is 32.3 Å². The number of hydrogen-bond acceptors (Lipinski definition) is 1. The quantitative estimate of drug-likeness (QED) is 0.687. The Labute approximate surface area is 87.7 Å². The van der Waals surface area contributed by atoms with Crippen molar-refractivity contribution in [1.82, 2.24) is 0 Å². The second kappa shape index (κ2) is 5.69. The van der Waals surface area contributed by atoms with E-state index in [1.165, 1.54) is 18.5 Å². The highest BCUT2D eigenvalue weighted by Gasteiger charge is 2.03. The van der Waals surface area contributed by atoms with E-state index >= 15 is 0 Å². The Morgan fingerprint density at radius 1 is 1.14 bits per heavy atom. The molecule has 0 spiro atoms. The van der Waals surface area contributed by atoms with Crippen molar-refractivity contribution < 1.29 is 0 Å². The maximum absolute atomic E-state index is 3.96. The lowest BCUT2D eigenvalue weighted by atomic mass is 10.2. The van der Waals surface area contributed by atoms with Gasteiger partial charge in [0.15, 0.2) is 0 Å². The minimum atomic E-state index is 1.10. The molecule has 1 aromatic rings. The fourth-order valence-electron chi connectivity index (χ4n) is 1.66. The second-order valence-corrected chi connectivity index (χ2v) is 3.66. The summed E-state index contributed by atoms with van der Waals surface area (Å²) in [6.07, 6.45) is 2.39. The fraction of sp³-hybridized carbons (Fsp3) is 0.462. The molecular formula is C13H20N. The van der Waals surface area contributed by atoms with Gasteiger partial charge in [0.1, 0.15) is 0 Å². The standard InChI is InChI=1S/C13H20N/c1-4-9-14(10-5-2)13-8-6-7-12(3)11-13/h6-8,11H,3-5,9-10H2,1-2H3. The summed E-state index contributed by atoms with van der Waals surface area (Å²) in [5, 5.41) is 0. The first kappa shape index (κ1) is 11.1. The topological polar surface area (TPSA) is 3.24 Å². The van der Waals surface area contributed by atoms with Gasteiger partial charge in [-0.05, 0) is 37.5 Å². The van der Waals surface area contributed by atoms with E-state index in [0.717, 1.165) is 18.7 Å². The van der Waals surface area contributed by atoms with Crippen molar-refractivity contribution in [2.45, 2.75) is 26.7 Å². The van der Waals surface area contributed by atoms with Crippen LogP contribution in [0.2, 0.25) is 0 Å².